The van der Waals surface area contributed by atoms with Crippen molar-refractivity contribution in [3.63, 3.8) is 0 Å². The van der Waals surface area contributed by atoms with Gasteiger partial charge in [-0.3, -0.25) is 4.40 Å². The fourth-order valence-corrected chi connectivity index (χ4v) is 6.30. The van der Waals surface area contributed by atoms with E-state index in [1.807, 2.05) is 36.4 Å². The van der Waals surface area contributed by atoms with Crippen molar-refractivity contribution in [3.05, 3.63) is 134 Å². The van der Waals surface area contributed by atoms with Crippen LogP contribution in [-0.2, 0) is 0 Å². The Morgan fingerprint density at radius 2 is 1.17 bits per heavy atom. The quantitative estimate of drug-likeness (QED) is 0.213. The molecule has 3 aromatic heterocycles. The summed E-state index contributed by atoms with van der Waals surface area (Å²) in [5.41, 5.74) is 8.71. The molecule has 3 heterocycles. The van der Waals surface area contributed by atoms with Crippen LogP contribution < -0.4 is 0 Å². The highest BCUT2D eigenvalue weighted by atomic mass is 15.0. The minimum Gasteiger partial charge on any atom is -0.299 e. The third-order valence-corrected chi connectivity index (χ3v) is 8.15. The van der Waals surface area contributed by atoms with Crippen LogP contribution in [0.25, 0.3) is 82.5 Å². The topological polar surface area (TPSA) is 43.1 Å². The Morgan fingerprint density at radius 1 is 0.463 bits per heavy atom. The predicted molar refractivity (Wildman–Crippen MR) is 169 cm³/mol. The van der Waals surface area contributed by atoms with Gasteiger partial charge < -0.3 is 0 Å². The first-order chi connectivity index (χ1) is 20.3. The Balaban J connectivity index is 1.46. The summed E-state index contributed by atoms with van der Waals surface area (Å²) in [5.74, 6) is 0. The number of aromatic nitrogens is 4. The minimum atomic E-state index is 0.878. The fourth-order valence-electron chi connectivity index (χ4n) is 6.30. The van der Waals surface area contributed by atoms with E-state index in [4.69, 9.17) is 15.0 Å². The lowest BCUT2D eigenvalue weighted by Crippen LogP contribution is -1.96. The molecule has 190 valence electrons. The second kappa shape index (κ2) is 8.44. The highest BCUT2D eigenvalue weighted by molar-refractivity contribution is 6.30. The molecule has 6 aromatic carbocycles. The molecule has 0 aliphatic carbocycles. The molecule has 0 aliphatic heterocycles. The molecule has 0 unspecified atom stereocenters. The van der Waals surface area contributed by atoms with Gasteiger partial charge in [0.2, 0.25) is 0 Å². The van der Waals surface area contributed by atoms with Crippen molar-refractivity contribution in [2.45, 2.75) is 0 Å². The van der Waals surface area contributed by atoms with Crippen LogP contribution in [0.4, 0.5) is 0 Å². The zero-order chi connectivity index (χ0) is 26.9. The molecule has 0 aliphatic rings. The normalized spacial score (nSPS) is 11.9. The number of nitrogens with zero attached hydrogens (tertiary/aromatic N) is 4. The molecule has 0 amide bonds. The summed E-state index contributed by atoms with van der Waals surface area (Å²) >= 11 is 0. The monoisotopic (exact) mass is 522 g/mol. The average Bonchev–Trinajstić information content (AvgIpc) is 3.44. The van der Waals surface area contributed by atoms with Crippen LogP contribution in [0.2, 0.25) is 0 Å². The highest BCUT2D eigenvalue weighted by Crippen LogP contribution is 2.41. The van der Waals surface area contributed by atoms with Crippen LogP contribution in [0.15, 0.2) is 134 Å². The van der Waals surface area contributed by atoms with Crippen molar-refractivity contribution in [3.8, 4) is 22.5 Å². The van der Waals surface area contributed by atoms with Gasteiger partial charge in [-0.1, -0.05) is 97.1 Å². The molecule has 0 bridgehead atoms. The molecule has 0 spiro atoms. The third kappa shape index (κ3) is 3.25. The number of hydrogen-bond acceptors (Lipinski definition) is 3. The van der Waals surface area contributed by atoms with Gasteiger partial charge in [0.15, 0.2) is 0 Å². The zero-order valence-electron chi connectivity index (χ0n) is 22.0. The van der Waals surface area contributed by atoms with Gasteiger partial charge in [-0.15, -0.1) is 0 Å². The van der Waals surface area contributed by atoms with Crippen LogP contribution in [0.3, 0.4) is 0 Å². The predicted octanol–water partition coefficient (Wildman–Crippen LogP) is 9.22. The maximum absolute atomic E-state index is 5.19. The van der Waals surface area contributed by atoms with Crippen molar-refractivity contribution < 1.29 is 0 Å². The van der Waals surface area contributed by atoms with E-state index in [9.17, 15) is 0 Å². The van der Waals surface area contributed by atoms with E-state index in [0.29, 0.717) is 0 Å². The Morgan fingerprint density at radius 3 is 2.02 bits per heavy atom. The van der Waals surface area contributed by atoms with Gasteiger partial charge in [0.1, 0.15) is 5.65 Å². The molecule has 41 heavy (non-hydrogen) atoms. The molecule has 0 saturated heterocycles. The molecule has 9 aromatic rings. The third-order valence-electron chi connectivity index (χ3n) is 8.15. The number of hydrogen-bond donors (Lipinski definition) is 0. The number of rotatable bonds is 2. The first-order valence-electron chi connectivity index (χ1n) is 13.8. The molecule has 4 nitrogen and oxygen atoms in total. The summed E-state index contributed by atoms with van der Waals surface area (Å²) in [7, 11) is 0. The lowest BCUT2D eigenvalue weighted by molar-refractivity contribution is 1.23. The van der Waals surface area contributed by atoms with Crippen LogP contribution in [0.5, 0.6) is 0 Å². The van der Waals surface area contributed by atoms with Gasteiger partial charge in [-0.05, 0) is 51.9 Å². The Kier molecular flexibility index (Phi) is 4.58. The molecule has 0 radical (unpaired) electrons. The van der Waals surface area contributed by atoms with Gasteiger partial charge in [0, 0.05) is 28.1 Å². The molecule has 0 atom stereocenters. The minimum absolute atomic E-state index is 0.878. The zero-order valence-corrected chi connectivity index (χ0v) is 22.0. The SMILES string of the molecule is c1ccc(-c2nc3ccccc3nc2-c2ccc3c(c2)c2c4ccccc4ccc2c2nc4ccccn4c32)cc1. The number of benzene rings is 6. The summed E-state index contributed by atoms with van der Waals surface area (Å²) in [5, 5.41) is 7.15. The lowest BCUT2D eigenvalue weighted by atomic mass is 9.92. The maximum atomic E-state index is 5.19. The fraction of sp³-hybridized carbons (Fsp3) is 0. The summed E-state index contributed by atoms with van der Waals surface area (Å²) in [6, 6.07) is 44.4. The van der Waals surface area contributed by atoms with Crippen molar-refractivity contribution in [1.29, 1.82) is 0 Å². The number of imidazole rings is 1. The summed E-state index contributed by atoms with van der Waals surface area (Å²) in [4.78, 5) is 15.4. The number of pyridine rings is 1. The average molecular weight is 523 g/mol. The lowest BCUT2D eigenvalue weighted by Gasteiger charge is -2.14. The van der Waals surface area contributed by atoms with Crippen molar-refractivity contribution >= 4 is 60.0 Å². The molecular weight excluding hydrogens is 500 g/mol. The van der Waals surface area contributed by atoms with E-state index < -0.39 is 0 Å². The van der Waals surface area contributed by atoms with Crippen molar-refractivity contribution in [1.82, 2.24) is 19.4 Å². The standard InChI is InChI=1S/C37H22N4/c1-2-11-24(12-3-1)34-35(39-31-15-7-6-14-30(31)38-34)25-18-19-27-29(22-25)33-26-13-5-4-10-23(26)17-20-28(33)36-37(27)41-21-9-8-16-32(41)40-36/h1-22H. The Bertz CT molecular complexity index is 2470. The molecule has 0 saturated carbocycles. The second-order valence-corrected chi connectivity index (χ2v) is 10.5. The van der Waals surface area contributed by atoms with Crippen LogP contribution >= 0.6 is 0 Å². The van der Waals surface area contributed by atoms with Gasteiger partial charge in [-0.25, -0.2) is 15.0 Å². The van der Waals surface area contributed by atoms with Crippen molar-refractivity contribution in [2.75, 3.05) is 0 Å². The van der Waals surface area contributed by atoms with E-state index in [-0.39, 0.29) is 0 Å². The first kappa shape index (κ1) is 22.2. The smallest absolute Gasteiger partial charge is 0.137 e. The summed E-state index contributed by atoms with van der Waals surface area (Å²) in [6.07, 6.45) is 2.10. The molecule has 0 N–H and O–H groups in total. The van der Waals surface area contributed by atoms with E-state index in [1.54, 1.807) is 0 Å². The Hall–Kier alpha value is -5.61. The van der Waals surface area contributed by atoms with Gasteiger partial charge in [0.05, 0.1) is 33.5 Å². The van der Waals surface area contributed by atoms with Gasteiger partial charge in [0.25, 0.3) is 0 Å². The summed E-state index contributed by atoms with van der Waals surface area (Å²) < 4.78 is 2.21. The van der Waals surface area contributed by atoms with E-state index in [0.717, 1.165) is 55.6 Å². The van der Waals surface area contributed by atoms with Crippen molar-refractivity contribution in [2.24, 2.45) is 0 Å². The molecule has 4 heteroatoms. The second-order valence-electron chi connectivity index (χ2n) is 10.5. The Labute approximate surface area is 235 Å². The van der Waals surface area contributed by atoms with E-state index >= 15 is 0 Å². The molecule has 9 rings (SSSR count). The first-order valence-corrected chi connectivity index (χ1v) is 13.8. The van der Waals surface area contributed by atoms with Crippen LogP contribution in [0, 0.1) is 0 Å². The highest BCUT2D eigenvalue weighted by Gasteiger charge is 2.19. The maximum Gasteiger partial charge on any atom is 0.137 e. The number of para-hydroxylation sites is 2. The largest absolute Gasteiger partial charge is 0.299 e. The molecular formula is C37H22N4. The van der Waals surface area contributed by atoms with E-state index in [1.165, 1.54) is 26.9 Å². The summed E-state index contributed by atoms with van der Waals surface area (Å²) in [6.45, 7) is 0. The number of fused-ring (bicyclic) bond motifs is 11. The van der Waals surface area contributed by atoms with E-state index in [2.05, 4.69) is 102 Å². The van der Waals surface area contributed by atoms with Crippen LogP contribution in [0.1, 0.15) is 0 Å². The molecule has 0 fully saturated rings. The van der Waals surface area contributed by atoms with Crippen LogP contribution in [-0.4, -0.2) is 19.4 Å². The van der Waals surface area contributed by atoms with Gasteiger partial charge in [-0.2, -0.15) is 0 Å². The van der Waals surface area contributed by atoms with Gasteiger partial charge >= 0.3 is 0 Å².